The first-order valence-electron chi connectivity index (χ1n) is 4.19. The van der Waals surface area contributed by atoms with Crippen molar-refractivity contribution < 1.29 is 13.6 Å². The summed E-state index contributed by atoms with van der Waals surface area (Å²) in [6, 6.07) is 0. The third kappa shape index (κ3) is 6.84. The Kier molecular flexibility index (Phi) is 4.46. The van der Waals surface area contributed by atoms with Crippen molar-refractivity contribution in [3.05, 3.63) is 0 Å². The molecule has 3 nitrogen and oxygen atoms in total. The monoisotopic (exact) mass is 194 g/mol. The lowest BCUT2D eigenvalue weighted by Gasteiger charge is -2.24. The van der Waals surface area contributed by atoms with E-state index < -0.39 is 13.2 Å². The van der Waals surface area contributed by atoms with Gasteiger partial charge in [-0.25, -0.2) is 0 Å². The molecule has 1 unspecified atom stereocenters. The molecule has 0 N–H and O–H groups in total. The van der Waals surface area contributed by atoms with Crippen molar-refractivity contribution in [2.24, 2.45) is 0 Å². The van der Waals surface area contributed by atoms with Crippen LogP contribution in [0.15, 0.2) is 0 Å². The largest absolute Gasteiger partial charge is 0.328 e. The van der Waals surface area contributed by atoms with Gasteiger partial charge >= 0.3 is 7.60 Å². The summed E-state index contributed by atoms with van der Waals surface area (Å²) in [5.74, 6) is 0. The molecule has 0 fully saturated rings. The quantitative estimate of drug-likeness (QED) is 0.645. The molecule has 0 spiro atoms. The highest BCUT2D eigenvalue weighted by Crippen LogP contribution is 2.47. The average Bonchev–Trinajstić information content (AvgIpc) is 1.78. The fraction of sp³-hybridized carbons (Fsp3) is 1.00. The molecule has 0 aromatic rings. The van der Waals surface area contributed by atoms with Gasteiger partial charge < -0.3 is 9.05 Å². The lowest BCUT2D eigenvalue weighted by molar-refractivity contribution is 0.0972. The van der Waals surface area contributed by atoms with Crippen LogP contribution in [0, 0.1) is 0 Å². The van der Waals surface area contributed by atoms with Gasteiger partial charge in [-0.05, 0) is 27.2 Å². The van der Waals surface area contributed by atoms with Crippen LogP contribution in [-0.4, -0.2) is 18.9 Å². The van der Waals surface area contributed by atoms with E-state index >= 15 is 0 Å². The molecule has 0 aliphatic rings. The maximum Gasteiger partial charge on any atom is 0.328 e. The first kappa shape index (κ1) is 12.2. The number of hydrogen-bond donors (Lipinski definition) is 0. The third-order valence-corrected chi connectivity index (χ3v) is 2.50. The van der Waals surface area contributed by atoms with E-state index in [4.69, 9.17) is 9.05 Å². The first-order valence-corrected chi connectivity index (χ1v) is 6.18. The Balaban J connectivity index is 3.96. The van der Waals surface area contributed by atoms with Crippen LogP contribution >= 0.6 is 7.60 Å². The summed E-state index contributed by atoms with van der Waals surface area (Å²) >= 11 is 0. The number of rotatable bonds is 4. The Hall–Kier alpha value is 0.150. The first-order chi connectivity index (χ1) is 5.27. The van der Waals surface area contributed by atoms with Crippen LogP contribution in [0.2, 0.25) is 0 Å². The Labute approximate surface area is 75.0 Å². The van der Waals surface area contributed by atoms with Crippen LogP contribution in [0.3, 0.4) is 0 Å². The van der Waals surface area contributed by atoms with Gasteiger partial charge in [0.2, 0.25) is 0 Å². The standard InChI is InChI=1S/C8H19O3P/c1-6-7-10-12(5,9)11-8(2,3)4/h6-7H2,1-5H3. The summed E-state index contributed by atoms with van der Waals surface area (Å²) in [5, 5.41) is 0. The Morgan fingerprint density at radius 3 is 2.17 bits per heavy atom. The van der Waals surface area contributed by atoms with Crippen LogP contribution in [0.25, 0.3) is 0 Å². The second-order valence-corrected chi connectivity index (χ2v) is 5.79. The minimum atomic E-state index is -2.83. The maximum atomic E-state index is 11.5. The van der Waals surface area contributed by atoms with E-state index in [9.17, 15) is 4.57 Å². The van der Waals surface area contributed by atoms with Crippen molar-refractivity contribution in [3.8, 4) is 0 Å². The molecule has 0 saturated carbocycles. The van der Waals surface area contributed by atoms with Gasteiger partial charge in [-0.1, -0.05) is 6.92 Å². The van der Waals surface area contributed by atoms with E-state index in [1.165, 1.54) is 6.66 Å². The molecule has 0 bridgehead atoms. The SMILES string of the molecule is CCCOP(C)(=O)OC(C)(C)C. The zero-order chi connectivity index (χ0) is 9.83. The van der Waals surface area contributed by atoms with Crippen molar-refractivity contribution >= 4 is 7.60 Å². The summed E-state index contributed by atoms with van der Waals surface area (Å²) < 4.78 is 21.9. The van der Waals surface area contributed by atoms with Crippen LogP contribution in [0.4, 0.5) is 0 Å². The van der Waals surface area contributed by atoms with Gasteiger partial charge in [0.1, 0.15) is 0 Å². The van der Waals surface area contributed by atoms with E-state index in [2.05, 4.69) is 0 Å². The zero-order valence-electron chi connectivity index (χ0n) is 8.59. The molecule has 4 heteroatoms. The molecule has 0 heterocycles. The number of hydrogen-bond acceptors (Lipinski definition) is 3. The second kappa shape index (κ2) is 4.40. The highest BCUT2D eigenvalue weighted by atomic mass is 31.2. The molecule has 0 rings (SSSR count). The van der Waals surface area contributed by atoms with Gasteiger partial charge in [0.05, 0.1) is 12.2 Å². The van der Waals surface area contributed by atoms with Gasteiger partial charge in [0, 0.05) is 6.66 Å². The summed E-state index contributed by atoms with van der Waals surface area (Å²) in [6.07, 6.45) is 0.853. The normalized spacial score (nSPS) is 17.4. The van der Waals surface area contributed by atoms with E-state index in [0.29, 0.717) is 6.61 Å². The van der Waals surface area contributed by atoms with Crippen molar-refractivity contribution in [2.75, 3.05) is 13.3 Å². The predicted molar refractivity (Wildman–Crippen MR) is 50.6 cm³/mol. The van der Waals surface area contributed by atoms with Gasteiger partial charge in [-0.15, -0.1) is 0 Å². The molecule has 0 aliphatic heterocycles. The molecule has 0 amide bonds. The molecule has 0 saturated heterocycles. The Morgan fingerprint density at radius 2 is 1.83 bits per heavy atom. The molecule has 0 aliphatic carbocycles. The van der Waals surface area contributed by atoms with Crippen LogP contribution in [0.1, 0.15) is 34.1 Å². The van der Waals surface area contributed by atoms with E-state index in [1.807, 2.05) is 27.7 Å². The topological polar surface area (TPSA) is 35.5 Å². The minimum Gasteiger partial charge on any atom is -0.309 e. The highest BCUT2D eigenvalue weighted by molar-refractivity contribution is 7.53. The average molecular weight is 194 g/mol. The fourth-order valence-electron chi connectivity index (χ4n) is 0.781. The molecule has 12 heavy (non-hydrogen) atoms. The van der Waals surface area contributed by atoms with E-state index in [1.54, 1.807) is 0 Å². The van der Waals surface area contributed by atoms with Gasteiger partial charge in [-0.3, -0.25) is 4.57 Å². The molecular formula is C8H19O3P. The fourth-order valence-corrected chi connectivity index (χ4v) is 2.34. The molecule has 0 radical (unpaired) electrons. The molecular weight excluding hydrogens is 175 g/mol. The van der Waals surface area contributed by atoms with Gasteiger partial charge in [0.25, 0.3) is 0 Å². The smallest absolute Gasteiger partial charge is 0.309 e. The minimum absolute atomic E-state index is 0.405. The predicted octanol–water partition coefficient (Wildman–Crippen LogP) is 3.05. The summed E-state index contributed by atoms with van der Waals surface area (Å²) in [5.41, 5.74) is -0.405. The van der Waals surface area contributed by atoms with Crippen molar-refractivity contribution in [1.29, 1.82) is 0 Å². The Bertz CT molecular complexity index is 172. The van der Waals surface area contributed by atoms with Crippen LogP contribution in [-0.2, 0) is 13.6 Å². The van der Waals surface area contributed by atoms with Crippen molar-refractivity contribution in [3.63, 3.8) is 0 Å². The van der Waals surface area contributed by atoms with Crippen LogP contribution in [0.5, 0.6) is 0 Å². The van der Waals surface area contributed by atoms with E-state index in [0.717, 1.165) is 6.42 Å². The van der Waals surface area contributed by atoms with Gasteiger partial charge in [-0.2, -0.15) is 0 Å². The maximum absolute atomic E-state index is 11.5. The van der Waals surface area contributed by atoms with Crippen molar-refractivity contribution in [1.82, 2.24) is 0 Å². The van der Waals surface area contributed by atoms with Gasteiger partial charge in [0.15, 0.2) is 0 Å². The second-order valence-electron chi connectivity index (χ2n) is 3.81. The van der Waals surface area contributed by atoms with E-state index in [-0.39, 0.29) is 0 Å². The highest BCUT2D eigenvalue weighted by Gasteiger charge is 2.24. The zero-order valence-corrected chi connectivity index (χ0v) is 9.48. The molecule has 1 atom stereocenters. The molecule has 0 aromatic heterocycles. The van der Waals surface area contributed by atoms with Crippen LogP contribution < -0.4 is 0 Å². The molecule has 0 aromatic carbocycles. The van der Waals surface area contributed by atoms with Crippen molar-refractivity contribution in [2.45, 2.75) is 39.7 Å². The summed E-state index contributed by atoms with van der Waals surface area (Å²) in [4.78, 5) is 0. The lowest BCUT2D eigenvalue weighted by Crippen LogP contribution is -2.17. The summed E-state index contributed by atoms with van der Waals surface area (Å²) in [7, 11) is -2.83. The summed E-state index contributed by atoms with van der Waals surface area (Å²) in [6.45, 7) is 9.55. The Morgan fingerprint density at radius 1 is 1.33 bits per heavy atom. The lowest BCUT2D eigenvalue weighted by atomic mass is 10.2. The third-order valence-electron chi connectivity index (χ3n) is 0.970. The molecule has 74 valence electrons.